The smallest absolute Gasteiger partial charge is 0.317 e. The lowest BCUT2D eigenvalue weighted by Crippen LogP contribution is -2.64. The number of aryl methyl sites for hydroxylation is 1. The molecule has 0 spiro atoms. The minimum Gasteiger partial charge on any atom is -0.543 e. The van der Waals surface area contributed by atoms with Crippen LogP contribution in [0.25, 0.3) is 0 Å². The van der Waals surface area contributed by atoms with E-state index in [9.17, 15) is 19.8 Å². The van der Waals surface area contributed by atoms with Crippen molar-refractivity contribution in [3.8, 4) is 0 Å². The molecule has 1 aromatic rings. The number of carboxylic acid groups (broad SMARTS) is 1. The number of thioether (sulfide) groups is 2. The third kappa shape index (κ3) is 2.51. The summed E-state index contributed by atoms with van der Waals surface area (Å²) in [6.07, 6.45) is 3.25. The summed E-state index contributed by atoms with van der Waals surface area (Å²) in [5.41, 5.74) is 0.00302. The first-order valence-electron chi connectivity index (χ1n) is 8.62. The SMILES string of the molecule is C[C@@H](O)[C@H]1C(=O)N2C(C(=O)[O-])=C(SC3CSc4n(cc[n+]4C)C3)[C@H](C)[C@H]12. The van der Waals surface area contributed by atoms with Crippen LogP contribution in [-0.4, -0.2) is 49.6 Å². The number of amides is 1. The number of aliphatic hydroxyl groups excluding tert-OH is 1. The van der Waals surface area contributed by atoms with Gasteiger partial charge in [-0.05, 0) is 18.7 Å². The normalized spacial score (nSPS) is 31.5. The van der Waals surface area contributed by atoms with Crippen LogP contribution in [0.3, 0.4) is 0 Å². The monoisotopic (exact) mass is 395 g/mol. The molecule has 4 rings (SSSR count). The van der Waals surface area contributed by atoms with Crippen LogP contribution >= 0.6 is 23.5 Å². The van der Waals surface area contributed by atoms with E-state index in [1.54, 1.807) is 30.4 Å². The molecule has 0 aromatic carbocycles. The predicted molar refractivity (Wildman–Crippen MR) is 94.7 cm³/mol. The molecule has 0 radical (unpaired) electrons. The molecule has 0 saturated carbocycles. The second kappa shape index (κ2) is 6.31. The van der Waals surface area contributed by atoms with Crippen LogP contribution in [-0.2, 0) is 23.2 Å². The number of nitrogens with zero attached hydrogens (tertiary/aromatic N) is 3. The average molecular weight is 396 g/mol. The summed E-state index contributed by atoms with van der Waals surface area (Å²) in [4.78, 5) is 26.2. The fraction of sp³-hybridized carbons (Fsp3) is 0.588. The molecule has 0 bridgehead atoms. The minimum atomic E-state index is -1.31. The zero-order chi connectivity index (χ0) is 18.7. The molecule has 140 valence electrons. The Balaban J connectivity index is 1.59. The number of carboxylic acids is 1. The molecule has 1 aromatic heterocycles. The molecule has 5 atom stereocenters. The Labute approximate surface area is 160 Å². The van der Waals surface area contributed by atoms with Crippen molar-refractivity contribution in [2.24, 2.45) is 18.9 Å². The van der Waals surface area contributed by atoms with Gasteiger partial charge >= 0.3 is 5.16 Å². The summed E-state index contributed by atoms with van der Waals surface area (Å²) < 4.78 is 4.25. The molecule has 1 fully saturated rings. The molecule has 1 unspecified atom stereocenters. The third-order valence-electron chi connectivity index (χ3n) is 5.41. The second-order valence-corrected chi connectivity index (χ2v) is 9.48. The van der Waals surface area contributed by atoms with E-state index < -0.39 is 18.0 Å². The topological polar surface area (TPSA) is 89.5 Å². The summed E-state index contributed by atoms with van der Waals surface area (Å²) in [5.74, 6) is -1.40. The van der Waals surface area contributed by atoms with E-state index in [1.165, 1.54) is 10.1 Å². The number of carbonyl (C=O) groups excluding carboxylic acids is 2. The predicted octanol–water partition coefficient (Wildman–Crippen LogP) is -0.661. The fourth-order valence-electron chi connectivity index (χ4n) is 4.19. The number of aliphatic carboxylic acids is 1. The number of hydrogen-bond acceptors (Lipinski definition) is 6. The van der Waals surface area contributed by atoms with Crippen molar-refractivity contribution in [3.05, 3.63) is 23.0 Å². The summed E-state index contributed by atoms with van der Waals surface area (Å²) in [7, 11) is 2.01. The Morgan fingerprint density at radius 2 is 2.27 bits per heavy atom. The Hall–Kier alpha value is -1.45. The molecular formula is C17H21N3O4S2. The average Bonchev–Trinajstić information content (AvgIpc) is 3.05. The summed E-state index contributed by atoms with van der Waals surface area (Å²) in [5, 5.41) is 23.1. The van der Waals surface area contributed by atoms with E-state index in [4.69, 9.17) is 0 Å². The first kappa shape index (κ1) is 17.9. The summed E-state index contributed by atoms with van der Waals surface area (Å²) >= 11 is 3.29. The highest BCUT2D eigenvalue weighted by Crippen LogP contribution is 2.51. The first-order chi connectivity index (χ1) is 12.3. The van der Waals surface area contributed by atoms with Crippen LogP contribution in [0.1, 0.15) is 13.8 Å². The number of β-lactam (4-membered cyclic amide) rings is 1. The van der Waals surface area contributed by atoms with Gasteiger partial charge in [-0.15, -0.1) is 11.8 Å². The van der Waals surface area contributed by atoms with Crippen LogP contribution in [0.2, 0.25) is 0 Å². The molecule has 3 aliphatic rings. The van der Waals surface area contributed by atoms with Crippen molar-refractivity contribution in [1.82, 2.24) is 9.47 Å². The van der Waals surface area contributed by atoms with Gasteiger partial charge < -0.3 is 19.9 Å². The van der Waals surface area contributed by atoms with E-state index in [2.05, 4.69) is 9.13 Å². The van der Waals surface area contributed by atoms with Crippen LogP contribution < -0.4 is 9.67 Å². The molecule has 3 aliphatic heterocycles. The summed E-state index contributed by atoms with van der Waals surface area (Å²) in [6, 6.07) is -0.283. The van der Waals surface area contributed by atoms with Gasteiger partial charge in [-0.2, -0.15) is 0 Å². The van der Waals surface area contributed by atoms with Gasteiger partial charge in [0, 0.05) is 16.6 Å². The van der Waals surface area contributed by atoms with Gasteiger partial charge in [-0.3, -0.25) is 4.79 Å². The summed E-state index contributed by atoms with van der Waals surface area (Å²) in [6.45, 7) is 4.32. The molecule has 0 aliphatic carbocycles. The Morgan fingerprint density at radius 1 is 1.54 bits per heavy atom. The Kier molecular flexibility index (Phi) is 4.36. The van der Waals surface area contributed by atoms with Crippen molar-refractivity contribution in [2.75, 3.05) is 5.75 Å². The number of rotatable bonds is 4. The van der Waals surface area contributed by atoms with E-state index in [0.29, 0.717) is 4.91 Å². The van der Waals surface area contributed by atoms with Crippen LogP contribution in [0.15, 0.2) is 28.2 Å². The van der Waals surface area contributed by atoms with Crippen LogP contribution in [0.5, 0.6) is 0 Å². The maximum Gasteiger partial charge on any atom is 0.317 e. The highest BCUT2D eigenvalue weighted by atomic mass is 32.2. The maximum absolute atomic E-state index is 12.4. The molecule has 26 heavy (non-hydrogen) atoms. The zero-order valence-corrected chi connectivity index (χ0v) is 16.4. The molecule has 4 heterocycles. The fourth-order valence-corrected chi connectivity index (χ4v) is 6.92. The molecule has 7 nitrogen and oxygen atoms in total. The number of fused-ring (bicyclic) bond motifs is 2. The largest absolute Gasteiger partial charge is 0.543 e. The van der Waals surface area contributed by atoms with Gasteiger partial charge in [0.25, 0.3) is 0 Å². The van der Waals surface area contributed by atoms with Crippen molar-refractivity contribution in [1.29, 1.82) is 0 Å². The van der Waals surface area contributed by atoms with E-state index in [1.807, 2.05) is 26.4 Å². The van der Waals surface area contributed by atoms with Gasteiger partial charge in [0.2, 0.25) is 5.91 Å². The maximum atomic E-state index is 12.4. The number of carbonyl (C=O) groups is 2. The van der Waals surface area contributed by atoms with Gasteiger partial charge in [-0.1, -0.05) is 6.92 Å². The van der Waals surface area contributed by atoms with Crippen molar-refractivity contribution >= 4 is 35.4 Å². The van der Waals surface area contributed by atoms with Crippen molar-refractivity contribution in [2.45, 2.75) is 42.9 Å². The zero-order valence-electron chi connectivity index (χ0n) is 14.8. The number of aliphatic hydroxyl groups is 1. The molecule has 1 N–H and O–H groups in total. The molecular weight excluding hydrogens is 374 g/mol. The molecule has 9 heteroatoms. The number of imidazole rings is 1. The minimum absolute atomic E-state index is 0.00302. The lowest BCUT2D eigenvalue weighted by atomic mass is 9.79. The third-order valence-corrected chi connectivity index (χ3v) is 8.44. The van der Waals surface area contributed by atoms with Gasteiger partial charge in [0.15, 0.2) is 0 Å². The first-order valence-corrected chi connectivity index (χ1v) is 10.5. The lowest BCUT2D eigenvalue weighted by molar-refractivity contribution is -0.709. The van der Waals surface area contributed by atoms with Gasteiger partial charge in [0.1, 0.15) is 18.9 Å². The second-order valence-electron chi connectivity index (χ2n) is 7.15. The highest BCUT2D eigenvalue weighted by molar-refractivity contribution is 8.05. The van der Waals surface area contributed by atoms with E-state index in [-0.39, 0.29) is 28.8 Å². The molecule has 1 amide bonds. The number of aromatic nitrogens is 2. The quantitative estimate of drug-likeness (QED) is 0.538. The van der Waals surface area contributed by atoms with E-state index in [0.717, 1.165) is 12.3 Å². The molecule has 1 saturated heterocycles. The van der Waals surface area contributed by atoms with Gasteiger partial charge in [0.05, 0.1) is 42.0 Å². The van der Waals surface area contributed by atoms with Crippen LogP contribution in [0, 0.1) is 11.8 Å². The number of hydrogen-bond donors (Lipinski definition) is 1. The standard InChI is InChI=1S/C17H21N3O4S2/c1-8-12-11(9(2)21)15(22)20(12)13(16(23)24)14(8)26-10-6-19-5-4-18(3)17(19)25-7-10/h4-5,8-12,21H,6-7H2,1-3H3/t8-,9-,10?,11-,12-/m1/s1. The Morgan fingerprint density at radius 3 is 2.92 bits per heavy atom. The van der Waals surface area contributed by atoms with Crippen molar-refractivity contribution in [3.63, 3.8) is 0 Å². The van der Waals surface area contributed by atoms with Crippen molar-refractivity contribution < 1.29 is 24.4 Å². The Bertz CT molecular complexity index is 819. The van der Waals surface area contributed by atoms with Gasteiger partial charge in [-0.25, -0.2) is 9.13 Å². The van der Waals surface area contributed by atoms with Crippen LogP contribution in [0.4, 0.5) is 0 Å². The lowest BCUT2D eigenvalue weighted by Gasteiger charge is -2.47. The highest BCUT2D eigenvalue weighted by Gasteiger charge is 2.58. The van der Waals surface area contributed by atoms with E-state index >= 15 is 0 Å².